The van der Waals surface area contributed by atoms with Gasteiger partial charge in [-0.2, -0.15) is 11.8 Å². The molecule has 1 N–H and O–H groups in total. The van der Waals surface area contributed by atoms with Crippen LogP contribution < -0.4 is 0 Å². The number of aliphatic hydroxyl groups is 1. The zero-order valence-electron chi connectivity index (χ0n) is 11.0. The number of aliphatic hydroxyl groups excluding tert-OH is 1. The number of hydrogen-bond acceptors (Lipinski definition) is 7. The van der Waals surface area contributed by atoms with Crippen molar-refractivity contribution in [3.05, 3.63) is 0 Å². The molecule has 5 atom stereocenters. The third kappa shape index (κ3) is 1.90. The summed E-state index contributed by atoms with van der Waals surface area (Å²) < 4.78 is 17.6. The molecular weight excluding hydrogens is 300 g/mol. The van der Waals surface area contributed by atoms with Crippen LogP contribution in [0.4, 0.5) is 0 Å². The summed E-state index contributed by atoms with van der Waals surface area (Å²) in [4.78, 5) is 12.2. The van der Waals surface area contributed by atoms with Crippen LogP contribution >= 0.6 is 23.5 Å². The third-order valence-electron chi connectivity index (χ3n) is 4.65. The number of ether oxygens (including phenoxy) is 3. The molecule has 0 aliphatic carbocycles. The normalized spacial score (nSPS) is 47.0. The highest BCUT2D eigenvalue weighted by atomic mass is 32.2. The highest BCUT2D eigenvalue weighted by Crippen LogP contribution is 2.54. The van der Waals surface area contributed by atoms with Gasteiger partial charge >= 0.3 is 0 Å². The second kappa shape index (κ2) is 5.14. The minimum atomic E-state index is -0.899. The molecule has 0 saturated carbocycles. The maximum Gasteiger partial charge on any atom is 0.191 e. The van der Waals surface area contributed by atoms with Gasteiger partial charge in [-0.05, 0) is 0 Å². The van der Waals surface area contributed by atoms with Crippen molar-refractivity contribution < 1.29 is 24.1 Å². The molecule has 20 heavy (non-hydrogen) atoms. The molecule has 4 aliphatic heterocycles. The van der Waals surface area contributed by atoms with E-state index in [4.69, 9.17) is 14.2 Å². The van der Waals surface area contributed by atoms with Crippen molar-refractivity contribution in [2.24, 2.45) is 11.8 Å². The average molecular weight is 318 g/mol. The monoisotopic (exact) mass is 318 g/mol. The van der Waals surface area contributed by atoms with Crippen LogP contribution in [0, 0.1) is 11.8 Å². The second-order valence-corrected chi connectivity index (χ2v) is 7.99. The van der Waals surface area contributed by atoms with E-state index >= 15 is 0 Å². The van der Waals surface area contributed by atoms with Gasteiger partial charge in [0.2, 0.25) is 0 Å². The first-order chi connectivity index (χ1) is 9.72. The van der Waals surface area contributed by atoms with Gasteiger partial charge in [-0.15, -0.1) is 11.8 Å². The van der Waals surface area contributed by atoms with Crippen molar-refractivity contribution in [2.45, 2.75) is 29.9 Å². The Labute approximate surface area is 126 Å². The van der Waals surface area contributed by atoms with Crippen molar-refractivity contribution in [3.8, 4) is 0 Å². The van der Waals surface area contributed by atoms with Crippen molar-refractivity contribution in [1.82, 2.24) is 0 Å². The molecule has 4 rings (SSSR count). The molecular formula is C13H18O5S2. The molecule has 112 valence electrons. The summed E-state index contributed by atoms with van der Waals surface area (Å²) in [6, 6.07) is 0. The highest BCUT2D eigenvalue weighted by Gasteiger charge is 2.66. The maximum absolute atomic E-state index is 12.2. The van der Waals surface area contributed by atoms with Crippen LogP contribution in [-0.2, 0) is 19.0 Å². The van der Waals surface area contributed by atoms with E-state index in [1.807, 2.05) is 0 Å². The summed E-state index contributed by atoms with van der Waals surface area (Å²) in [5.41, 5.74) is 0. The van der Waals surface area contributed by atoms with Crippen LogP contribution in [0.5, 0.6) is 0 Å². The Balaban J connectivity index is 1.65. The van der Waals surface area contributed by atoms with E-state index < -0.39 is 12.1 Å². The van der Waals surface area contributed by atoms with E-state index in [1.165, 1.54) is 0 Å². The molecule has 0 aromatic rings. The maximum atomic E-state index is 12.2. The average Bonchev–Trinajstić information content (AvgIpc) is 3.01. The minimum Gasteiger partial charge on any atom is -0.367 e. The Bertz CT molecular complexity index is 412. The molecule has 5 nitrogen and oxygen atoms in total. The molecule has 0 radical (unpaired) electrons. The van der Waals surface area contributed by atoms with E-state index in [2.05, 4.69) is 0 Å². The Morgan fingerprint density at radius 1 is 1.25 bits per heavy atom. The van der Waals surface area contributed by atoms with Gasteiger partial charge in [0.05, 0.1) is 36.4 Å². The van der Waals surface area contributed by atoms with E-state index in [0.29, 0.717) is 19.6 Å². The van der Waals surface area contributed by atoms with Crippen LogP contribution in [-0.4, -0.2) is 64.8 Å². The summed E-state index contributed by atoms with van der Waals surface area (Å²) in [5.74, 6) is 1.63. The number of rotatable bonds is 1. The molecule has 7 heteroatoms. The number of carbonyl (C=O) groups excluding carboxylic acids is 1. The fraction of sp³-hybridized carbons (Fsp3) is 0.923. The van der Waals surface area contributed by atoms with Crippen LogP contribution in [0.1, 0.15) is 6.42 Å². The Hall–Kier alpha value is 0.210. The SMILES string of the molecule is O=C1CCSC[C@H]1[C@H]1OC(O)[C@H]2CS[C@@H]1C21OCCO1. The first-order valence-electron chi connectivity index (χ1n) is 7.06. The van der Waals surface area contributed by atoms with E-state index in [-0.39, 0.29) is 29.0 Å². The van der Waals surface area contributed by atoms with Crippen molar-refractivity contribution in [3.63, 3.8) is 0 Å². The summed E-state index contributed by atoms with van der Waals surface area (Å²) in [5, 5.41) is 10.3. The van der Waals surface area contributed by atoms with E-state index in [0.717, 1.165) is 17.3 Å². The zero-order chi connectivity index (χ0) is 13.7. The lowest BCUT2D eigenvalue weighted by atomic mass is 9.84. The standard InChI is InChI=1S/C13H18O5S2/c14-9-1-4-19-5-7(9)10-11-13(16-2-3-17-13)8(6-20-11)12(15)18-10/h7-8,10-12,15H,1-6H2/t7-,8-,10-,11+,12?/m1/s1. The minimum absolute atomic E-state index is 0.00829. The first-order valence-corrected chi connectivity index (χ1v) is 9.26. The first kappa shape index (κ1) is 13.8. The Kier molecular flexibility index (Phi) is 3.56. The molecule has 4 heterocycles. The zero-order valence-corrected chi connectivity index (χ0v) is 12.7. The van der Waals surface area contributed by atoms with Gasteiger partial charge in [0.15, 0.2) is 12.1 Å². The topological polar surface area (TPSA) is 65.0 Å². The smallest absolute Gasteiger partial charge is 0.191 e. The van der Waals surface area contributed by atoms with Gasteiger partial charge in [-0.1, -0.05) is 0 Å². The van der Waals surface area contributed by atoms with Crippen molar-refractivity contribution in [1.29, 1.82) is 0 Å². The predicted octanol–water partition coefficient (Wildman–Crippen LogP) is 0.500. The van der Waals surface area contributed by atoms with Crippen LogP contribution in [0.2, 0.25) is 0 Å². The molecule has 4 fully saturated rings. The summed E-state index contributed by atoms with van der Waals surface area (Å²) in [7, 11) is 0. The Morgan fingerprint density at radius 3 is 2.80 bits per heavy atom. The fourth-order valence-electron chi connectivity index (χ4n) is 3.65. The number of Topliss-reactive ketones (excluding diaryl/α,β-unsaturated/α-hetero) is 1. The van der Waals surface area contributed by atoms with Gasteiger partial charge in [-0.3, -0.25) is 4.79 Å². The molecule has 0 aromatic heterocycles. The van der Waals surface area contributed by atoms with Gasteiger partial charge in [0.25, 0.3) is 0 Å². The lowest BCUT2D eigenvalue weighted by Crippen LogP contribution is -2.62. The van der Waals surface area contributed by atoms with Gasteiger partial charge in [-0.25, -0.2) is 0 Å². The van der Waals surface area contributed by atoms with Crippen LogP contribution in [0.3, 0.4) is 0 Å². The molecule has 4 saturated heterocycles. The number of thioether (sulfide) groups is 2. The predicted molar refractivity (Wildman–Crippen MR) is 75.7 cm³/mol. The molecule has 1 unspecified atom stereocenters. The molecule has 4 aliphatic rings. The lowest BCUT2D eigenvalue weighted by Gasteiger charge is -2.46. The number of ketones is 1. The van der Waals surface area contributed by atoms with E-state index in [9.17, 15) is 9.90 Å². The molecule has 2 bridgehead atoms. The molecule has 0 amide bonds. The summed E-state index contributed by atoms with van der Waals surface area (Å²) in [6.45, 7) is 1.11. The number of hydrogen-bond donors (Lipinski definition) is 1. The van der Waals surface area contributed by atoms with Crippen LogP contribution in [0.25, 0.3) is 0 Å². The molecule has 1 spiro atoms. The van der Waals surface area contributed by atoms with Crippen molar-refractivity contribution in [2.75, 3.05) is 30.5 Å². The Morgan fingerprint density at radius 2 is 2.05 bits per heavy atom. The van der Waals surface area contributed by atoms with Gasteiger partial charge in [0, 0.05) is 23.7 Å². The van der Waals surface area contributed by atoms with Gasteiger partial charge < -0.3 is 19.3 Å². The summed E-state index contributed by atoms with van der Waals surface area (Å²) >= 11 is 3.51. The quantitative estimate of drug-likeness (QED) is 0.755. The fourth-order valence-corrected chi connectivity index (χ4v) is 6.59. The molecule has 0 aromatic carbocycles. The number of carbonyl (C=O) groups is 1. The van der Waals surface area contributed by atoms with Gasteiger partial charge in [0.1, 0.15) is 5.78 Å². The third-order valence-corrected chi connectivity index (χ3v) is 7.24. The largest absolute Gasteiger partial charge is 0.367 e. The van der Waals surface area contributed by atoms with Crippen molar-refractivity contribution >= 4 is 29.3 Å². The lowest BCUT2D eigenvalue weighted by molar-refractivity contribution is -0.307. The van der Waals surface area contributed by atoms with Crippen LogP contribution in [0.15, 0.2) is 0 Å². The second-order valence-electron chi connectivity index (χ2n) is 5.67. The summed E-state index contributed by atoms with van der Waals surface area (Å²) in [6.07, 6.45) is -0.600. The highest BCUT2D eigenvalue weighted by molar-refractivity contribution is 8.00. The van der Waals surface area contributed by atoms with E-state index in [1.54, 1.807) is 23.5 Å².